The van der Waals surface area contributed by atoms with Gasteiger partial charge >= 0.3 is 0 Å². The van der Waals surface area contributed by atoms with E-state index in [1.54, 1.807) is 30.3 Å². The van der Waals surface area contributed by atoms with Gasteiger partial charge in [0.15, 0.2) is 0 Å². The summed E-state index contributed by atoms with van der Waals surface area (Å²) < 4.78 is 42.7. The second kappa shape index (κ2) is 8.20. The Morgan fingerprint density at radius 2 is 1.93 bits per heavy atom. The number of nitrogens with one attached hydrogen (secondary N) is 1. The maximum Gasteiger partial charge on any atom is 0.243 e. The van der Waals surface area contributed by atoms with E-state index in [0.29, 0.717) is 19.4 Å². The van der Waals surface area contributed by atoms with Gasteiger partial charge < -0.3 is 9.88 Å². The summed E-state index contributed by atoms with van der Waals surface area (Å²) in [7, 11) is -1.77. The number of halogens is 1. The molecule has 6 nitrogen and oxygen atoms in total. The minimum atomic E-state index is -3.68. The summed E-state index contributed by atoms with van der Waals surface area (Å²) in [5.74, 6) is -0.918. The minimum absolute atomic E-state index is 0.157. The van der Waals surface area contributed by atoms with Gasteiger partial charge in [-0.05, 0) is 54.8 Å². The lowest BCUT2D eigenvalue weighted by atomic mass is 9.99. The Labute approximate surface area is 175 Å². The van der Waals surface area contributed by atoms with Crippen molar-refractivity contribution < 1.29 is 17.6 Å². The highest BCUT2D eigenvalue weighted by Crippen LogP contribution is 2.26. The Bertz CT molecular complexity index is 1170. The molecule has 1 fully saturated rings. The maximum absolute atomic E-state index is 13.2. The fourth-order valence-corrected chi connectivity index (χ4v) is 5.44. The first-order valence-electron chi connectivity index (χ1n) is 9.92. The van der Waals surface area contributed by atoms with Crippen LogP contribution in [0.2, 0.25) is 0 Å². The highest BCUT2D eigenvalue weighted by atomic mass is 32.2. The number of benzene rings is 2. The number of piperidine rings is 1. The van der Waals surface area contributed by atoms with E-state index >= 15 is 0 Å². The third-order valence-electron chi connectivity index (χ3n) is 5.63. The van der Waals surface area contributed by atoms with E-state index in [1.807, 2.05) is 23.9 Å². The van der Waals surface area contributed by atoms with E-state index in [4.69, 9.17) is 0 Å². The van der Waals surface area contributed by atoms with Crippen molar-refractivity contribution in [1.29, 1.82) is 0 Å². The molecule has 1 atom stereocenters. The van der Waals surface area contributed by atoms with E-state index in [1.165, 1.54) is 16.4 Å². The Hall–Kier alpha value is -2.71. The molecule has 2 aromatic carbocycles. The fraction of sp³-hybridized carbons (Fsp3) is 0.318. The molecule has 4 rings (SSSR count). The van der Waals surface area contributed by atoms with Gasteiger partial charge in [-0.2, -0.15) is 4.31 Å². The molecule has 1 aliphatic rings. The van der Waals surface area contributed by atoms with Gasteiger partial charge in [-0.1, -0.05) is 12.1 Å². The molecule has 0 unspecified atom stereocenters. The van der Waals surface area contributed by atoms with Crippen molar-refractivity contribution in [3.63, 3.8) is 0 Å². The van der Waals surface area contributed by atoms with Crippen molar-refractivity contribution in [2.45, 2.75) is 24.3 Å². The molecule has 1 saturated heterocycles. The molecular formula is C22H24FN3O3S. The van der Waals surface area contributed by atoms with Crippen LogP contribution in [0.1, 0.15) is 18.4 Å². The van der Waals surface area contributed by atoms with Crippen LogP contribution < -0.4 is 5.32 Å². The summed E-state index contributed by atoms with van der Waals surface area (Å²) in [5, 5.41) is 3.71. The first-order valence-corrected chi connectivity index (χ1v) is 11.4. The Morgan fingerprint density at radius 3 is 2.70 bits per heavy atom. The summed E-state index contributed by atoms with van der Waals surface area (Å²) in [6, 6.07) is 12.9. The topological polar surface area (TPSA) is 71.4 Å². The Morgan fingerprint density at radius 1 is 1.17 bits per heavy atom. The van der Waals surface area contributed by atoms with E-state index in [9.17, 15) is 17.6 Å². The molecule has 0 spiro atoms. The third-order valence-corrected chi connectivity index (χ3v) is 7.49. The highest BCUT2D eigenvalue weighted by Gasteiger charge is 2.33. The van der Waals surface area contributed by atoms with Gasteiger partial charge in [-0.3, -0.25) is 4.79 Å². The van der Waals surface area contributed by atoms with Crippen molar-refractivity contribution in [3.05, 3.63) is 66.1 Å². The van der Waals surface area contributed by atoms with Crippen LogP contribution in [-0.4, -0.2) is 36.3 Å². The predicted octanol–water partition coefficient (Wildman–Crippen LogP) is 3.03. The number of hydrogen-bond donors (Lipinski definition) is 1. The lowest BCUT2D eigenvalue weighted by Crippen LogP contribution is -2.45. The largest absolute Gasteiger partial charge is 0.352 e. The molecular weight excluding hydrogens is 405 g/mol. The first-order chi connectivity index (χ1) is 14.3. The van der Waals surface area contributed by atoms with E-state index < -0.39 is 15.9 Å². The normalized spacial score (nSPS) is 17.9. The van der Waals surface area contributed by atoms with Crippen molar-refractivity contribution in [2.75, 3.05) is 13.1 Å². The number of rotatable bonds is 5. The first kappa shape index (κ1) is 20.6. The Kier molecular flexibility index (Phi) is 5.62. The van der Waals surface area contributed by atoms with Crippen molar-refractivity contribution >= 4 is 26.8 Å². The van der Waals surface area contributed by atoms with Crippen molar-refractivity contribution in [3.8, 4) is 0 Å². The lowest BCUT2D eigenvalue weighted by molar-refractivity contribution is -0.126. The smallest absolute Gasteiger partial charge is 0.243 e. The second-order valence-corrected chi connectivity index (χ2v) is 9.63. The number of sulfonamides is 1. The molecule has 1 N–H and O–H groups in total. The fourth-order valence-electron chi connectivity index (χ4n) is 3.88. The number of aryl methyl sites for hydroxylation is 1. The van der Waals surface area contributed by atoms with Crippen LogP contribution in [0.5, 0.6) is 0 Å². The zero-order valence-electron chi connectivity index (χ0n) is 16.7. The molecule has 158 valence electrons. The average Bonchev–Trinajstić information content (AvgIpc) is 3.13. The number of carbonyl (C=O) groups is 1. The molecule has 3 aromatic rings. The monoisotopic (exact) mass is 429 g/mol. The van der Waals surface area contributed by atoms with Gasteiger partial charge in [0.05, 0.1) is 10.8 Å². The van der Waals surface area contributed by atoms with Gasteiger partial charge in [0, 0.05) is 43.8 Å². The molecule has 1 aromatic heterocycles. The third kappa shape index (κ3) is 4.11. The quantitative estimate of drug-likeness (QED) is 0.678. The zero-order chi connectivity index (χ0) is 21.3. The number of carbonyl (C=O) groups excluding carboxylic acids is 1. The van der Waals surface area contributed by atoms with Crippen LogP contribution in [-0.2, 0) is 28.4 Å². The summed E-state index contributed by atoms with van der Waals surface area (Å²) in [4.78, 5) is 12.9. The molecule has 30 heavy (non-hydrogen) atoms. The maximum atomic E-state index is 13.2. The molecule has 1 amide bonds. The van der Waals surface area contributed by atoms with Gasteiger partial charge in [0.25, 0.3) is 0 Å². The standard InChI is InChI=1S/C22H24FN3O3S/c1-25-12-10-17-13-20(8-9-21(17)25)30(28,29)26-11-2-3-18(15-26)22(27)24-14-16-4-6-19(23)7-5-16/h4-10,12-13,18H,2-3,11,14-15H2,1H3,(H,24,27)/t18-/m1/s1. The van der Waals surface area contributed by atoms with Crippen LogP contribution in [0.15, 0.2) is 59.6 Å². The summed E-state index contributed by atoms with van der Waals surface area (Å²) in [5.41, 5.74) is 1.76. The van der Waals surface area contributed by atoms with Gasteiger partial charge in [-0.25, -0.2) is 12.8 Å². The average molecular weight is 430 g/mol. The van der Waals surface area contributed by atoms with Crippen LogP contribution in [0, 0.1) is 11.7 Å². The summed E-state index contributed by atoms with van der Waals surface area (Å²) >= 11 is 0. The van der Waals surface area contributed by atoms with Crippen molar-refractivity contribution in [2.24, 2.45) is 13.0 Å². The second-order valence-electron chi connectivity index (χ2n) is 7.69. The molecule has 2 heterocycles. The molecule has 0 saturated carbocycles. The van der Waals surface area contributed by atoms with Gasteiger partial charge in [0.1, 0.15) is 5.82 Å². The van der Waals surface area contributed by atoms with Crippen LogP contribution in [0.3, 0.4) is 0 Å². The number of fused-ring (bicyclic) bond motifs is 1. The minimum Gasteiger partial charge on any atom is -0.352 e. The summed E-state index contributed by atoms with van der Waals surface area (Å²) in [6.07, 6.45) is 3.16. The van der Waals surface area contributed by atoms with Gasteiger partial charge in [0.2, 0.25) is 15.9 Å². The number of aromatic nitrogens is 1. The number of amides is 1. The SMILES string of the molecule is Cn1ccc2cc(S(=O)(=O)N3CCC[C@@H](C(=O)NCc4ccc(F)cc4)C3)ccc21. The van der Waals surface area contributed by atoms with E-state index in [0.717, 1.165) is 16.5 Å². The van der Waals surface area contributed by atoms with E-state index in [-0.39, 0.29) is 29.7 Å². The predicted molar refractivity (Wildman–Crippen MR) is 113 cm³/mol. The van der Waals surface area contributed by atoms with Gasteiger partial charge in [-0.15, -0.1) is 0 Å². The zero-order valence-corrected chi connectivity index (χ0v) is 17.5. The number of hydrogen-bond acceptors (Lipinski definition) is 3. The Balaban J connectivity index is 1.45. The summed E-state index contributed by atoms with van der Waals surface area (Å²) in [6.45, 7) is 0.842. The molecule has 0 aliphatic carbocycles. The van der Waals surface area contributed by atoms with E-state index in [2.05, 4.69) is 5.32 Å². The van der Waals surface area contributed by atoms with Crippen LogP contribution in [0.4, 0.5) is 4.39 Å². The number of nitrogens with zero attached hydrogens (tertiary/aromatic N) is 2. The highest BCUT2D eigenvalue weighted by molar-refractivity contribution is 7.89. The molecule has 0 radical (unpaired) electrons. The van der Waals surface area contributed by atoms with Crippen molar-refractivity contribution in [1.82, 2.24) is 14.2 Å². The molecule has 8 heteroatoms. The molecule has 0 bridgehead atoms. The van der Waals surface area contributed by atoms with Crippen LogP contribution >= 0.6 is 0 Å². The molecule has 1 aliphatic heterocycles. The lowest BCUT2D eigenvalue weighted by Gasteiger charge is -2.31. The van der Waals surface area contributed by atoms with Crippen LogP contribution in [0.25, 0.3) is 10.9 Å².